The summed E-state index contributed by atoms with van der Waals surface area (Å²) in [6.07, 6.45) is 1.90. The second kappa shape index (κ2) is 6.15. The molecule has 7 heteroatoms. The fraction of sp³-hybridized carbons (Fsp3) is 0.417. The van der Waals surface area contributed by atoms with Crippen LogP contribution in [0.15, 0.2) is 21.9 Å². The Morgan fingerprint density at radius 3 is 2.47 bits per heavy atom. The topological polar surface area (TPSA) is 71.4 Å². The summed E-state index contributed by atoms with van der Waals surface area (Å²) < 4.78 is 23.5. The Labute approximate surface area is 122 Å². The van der Waals surface area contributed by atoms with Gasteiger partial charge in [0.25, 0.3) is 0 Å². The summed E-state index contributed by atoms with van der Waals surface area (Å²) in [7, 11) is -3.45. The van der Waals surface area contributed by atoms with Gasteiger partial charge in [-0.05, 0) is 18.6 Å². The lowest BCUT2D eigenvalue weighted by atomic mass is 10.2. The van der Waals surface area contributed by atoms with Gasteiger partial charge in [-0.2, -0.15) is 0 Å². The second-order valence-electron chi connectivity index (χ2n) is 4.17. The third kappa shape index (κ3) is 3.87. The molecule has 0 aliphatic heterocycles. The Morgan fingerprint density at radius 2 is 2.05 bits per heavy atom. The van der Waals surface area contributed by atoms with Crippen molar-refractivity contribution in [3.8, 4) is 0 Å². The number of hydrogen-bond donors (Lipinski definition) is 1. The summed E-state index contributed by atoms with van der Waals surface area (Å²) in [5, 5.41) is 9.16. The van der Waals surface area contributed by atoms with E-state index in [1.165, 1.54) is 23.9 Å². The highest BCUT2D eigenvalue weighted by Crippen LogP contribution is 2.38. The summed E-state index contributed by atoms with van der Waals surface area (Å²) in [5.74, 6) is -1.17. The van der Waals surface area contributed by atoms with Crippen LogP contribution in [0, 0.1) is 0 Å². The number of benzene rings is 1. The molecule has 1 unspecified atom stereocenters. The number of sulfone groups is 1. The fourth-order valence-corrected chi connectivity index (χ4v) is 4.14. The van der Waals surface area contributed by atoms with Crippen molar-refractivity contribution in [2.75, 3.05) is 6.26 Å². The minimum Gasteiger partial charge on any atom is -0.478 e. The Morgan fingerprint density at radius 1 is 1.47 bits per heavy atom. The van der Waals surface area contributed by atoms with Gasteiger partial charge in [-0.25, -0.2) is 13.2 Å². The van der Waals surface area contributed by atoms with E-state index in [4.69, 9.17) is 16.7 Å². The normalized spacial score (nSPS) is 13.3. The maximum absolute atomic E-state index is 11.7. The zero-order valence-corrected chi connectivity index (χ0v) is 13.2. The molecular formula is C12H15ClO4S2. The van der Waals surface area contributed by atoms with Gasteiger partial charge < -0.3 is 5.11 Å². The van der Waals surface area contributed by atoms with Gasteiger partial charge in [0.05, 0.1) is 15.5 Å². The van der Waals surface area contributed by atoms with Gasteiger partial charge >= 0.3 is 5.97 Å². The first-order valence-electron chi connectivity index (χ1n) is 5.61. The highest BCUT2D eigenvalue weighted by atomic mass is 35.5. The number of halogens is 1. The molecular weight excluding hydrogens is 308 g/mol. The molecule has 1 N–H and O–H groups in total. The summed E-state index contributed by atoms with van der Waals surface area (Å²) in [6, 6.07) is 2.52. The molecule has 0 bridgehead atoms. The van der Waals surface area contributed by atoms with Crippen molar-refractivity contribution in [1.82, 2.24) is 0 Å². The predicted molar refractivity (Wildman–Crippen MR) is 77.1 cm³/mol. The predicted octanol–water partition coefficient (Wildman–Crippen LogP) is 3.33. The van der Waals surface area contributed by atoms with Gasteiger partial charge in [0.1, 0.15) is 0 Å². The molecule has 1 atom stereocenters. The minimum atomic E-state index is -3.45. The number of carbonyl (C=O) groups is 1. The van der Waals surface area contributed by atoms with E-state index in [2.05, 4.69) is 0 Å². The number of carboxylic acids is 1. The molecule has 0 spiro atoms. The third-order valence-corrected chi connectivity index (χ3v) is 5.75. The molecule has 0 saturated carbocycles. The molecule has 1 aromatic carbocycles. The van der Waals surface area contributed by atoms with Crippen LogP contribution in [0.1, 0.15) is 30.6 Å². The quantitative estimate of drug-likeness (QED) is 0.842. The van der Waals surface area contributed by atoms with E-state index >= 15 is 0 Å². The first-order valence-corrected chi connectivity index (χ1v) is 8.75. The number of aromatic carboxylic acids is 1. The number of thioether (sulfide) groups is 1. The molecule has 0 saturated heterocycles. The van der Waals surface area contributed by atoms with Gasteiger partial charge in [-0.3, -0.25) is 0 Å². The van der Waals surface area contributed by atoms with Crippen molar-refractivity contribution in [1.29, 1.82) is 0 Å². The van der Waals surface area contributed by atoms with E-state index in [1.807, 2.05) is 13.8 Å². The number of hydrogen-bond acceptors (Lipinski definition) is 4. The molecule has 1 rings (SSSR count). The van der Waals surface area contributed by atoms with Crippen LogP contribution in [-0.4, -0.2) is 31.0 Å². The van der Waals surface area contributed by atoms with E-state index < -0.39 is 15.8 Å². The van der Waals surface area contributed by atoms with E-state index in [0.717, 1.165) is 12.7 Å². The van der Waals surface area contributed by atoms with Crippen LogP contribution < -0.4 is 0 Å². The summed E-state index contributed by atoms with van der Waals surface area (Å²) in [6.45, 7) is 3.90. The molecule has 1 aromatic rings. The van der Waals surface area contributed by atoms with Crippen molar-refractivity contribution in [2.45, 2.75) is 35.3 Å². The highest BCUT2D eigenvalue weighted by Gasteiger charge is 2.22. The minimum absolute atomic E-state index is 0.0132. The van der Waals surface area contributed by atoms with Crippen LogP contribution in [0.4, 0.5) is 0 Å². The van der Waals surface area contributed by atoms with Gasteiger partial charge in [0, 0.05) is 16.4 Å². The second-order valence-corrected chi connectivity index (χ2v) is 7.98. The zero-order chi connectivity index (χ0) is 14.8. The molecule has 0 aliphatic rings. The number of rotatable bonds is 5. The van der Waals surface area contributed by atoms with Crippen molar-refractivity contribution >= 4 is 39.2 Å². The average Bonchev–Trinajstić information content (AvgIpc) is 2.29. The molecule has 0 aromatic heterocycles. The van der Waals surface area contributed by atoms with Crippen molar-refractivity contribution in [3.05, 3.63) is 22.7 Å². The van der Waals surface area contributed by atoms with Gasteiger partial charge in [-0.1, -0.05) is 25.4 Å². The molecule has 106 valence electrons. The van der Waals surface area contributed by atoms with Crippen LogP contribution in [0.3, 0.4) is 0 Å². The molecule has 0 heterocycles. The van der Waals surface area contributed by atoms with Crippen molar-refractivity contribution in [2.24, 2.45) is 0 Å². The molecule has 0 aliphatic carbocycles. The summed E-state index contributed by atoms with van der Waals surface area (Å²) >= 11 is 7.33. The van der Waals surface area contributed by atoms with E-state index in [0.29, 0.717) is 4.90 Å². The monoisotopic (exact) mass is 322 g/mol. The molecule has 4 nitrogen and oxygen atoms in total. The van der Waals surface area contributed by atoms with Crippen molar-refractivity contribution < 1.29 is 18.3 Å². The maximum atomic E-state index is 11.7. The summed E-state index contributed by atoms with van der Waals surface area (Å²) in [5.41, 5.74) is -0.0835. The van der Waals surface area contributed by atoms with E-state index in [9.17, 15) is 13.2 Å². The van der Waals surface area contributed by atoms with Crippen LogP contribution in [0.25, 0.3) is 0 Å². The first-order chi connectivity index (χ1) is 8.68. The van der Waals surface area contributed by atoms with E-state index in [-0.39, 0.29) is 20.7 Å². The van der Waals surface area contributed by atoms with Gasteiger partial charge in [0.2, 0.25) is 0 Å². The first kappa shape index (κ1) is 16.3. The van der Waals surface area contributed by atoms with Gasteiger partial charge in [-0.15, -0.1) is 11.8 Å². The number of carboxylic acid groups (broad SMARTS) is 1. The molecule has 0 fully saturated rings. The molecule has 0 radical (unpaired) electrons. The van der Waals surface area contributed by atoms with Gasteiger partial charge in [0.15, 0.2) is 9.84 Å². The van der Waals surface area contributed by atoms with Crippen LogP contribution in [-0.2, 0) is 9.84 Å². The maximum Gasteiger partial charge on any atom is 0.337 e. The smallest absolute Gasteiger partial charge is 0.337 e. The Hall–Kier alpha value is -0.720. The van der Waals surface area contributed by atoms with Crippen LogP contribution in [0.5, 0.6) is 0 Å². The summed E-state index contributed by atoms with van der Waals surface area (Å²) in [4.78, 5) is 11.4. The standard InChI is InChI=1S/C12H15ClO4S2/c1-4-7(2)18-11-9(19(3,16)17)6-5-8(10(11)13)12(14)15/h5-7H,4H2,1-3H3,(H,14,15). The Bertz CT molecular complexity index is 596. The zero-order valence-electron chi connectivity index (χ0n) is 10.8. The lowest BCUT2D eigenvalue weighted by Gasteiger charge is -2.15. The Kier molecular flexibility index (Phi) is 5.29. The van der Waals surface area contributed by atoms with E-state index in [1.54, 1.807) is 0 Å². The largest absolute Gasteiger partial charge is 0.478 e. The lowest BCUT2D eigenvalue weighted by Crippen LogP contribution is -2.06. The highest BCUT2D eigenvalue weighted by molar-refractivity contribution is 8.00. The fourth-order valence-electron chi connectivity index (χ4n) is 1.39. The third-order valence-electron chi connectivity index (χ3n) is 2.58. The average molecular weight is 323 g/mol. The SMILES string of the molecule is CCC(C)Sc1c(S(C)(=O)=O)ccc(C(=O)O)c1Cl. The van der Waals surface area contributed by atoms with Crippen LogP contribution in [0.2, 0.25) is 5.02 Å². The Balaban J connectivity index is 3.51. The molecule has 19 heavy (non-hydrogen) atoms. The lowest BCUT2D eigenvalue weighted by molar-refractivity contribution is 0.0696. The van der Waals surface area contributed by atoms with Crippen LogP contribution >= 0.6 is 23.4 Å². The molecule has 0 amide bonds. The van der Waals surface area contributed by atoms with Crippen molar-refractivity contribution in [3.63, 3.8) is 0 Å².